The van der Waals surface area contributed by atoms with Gasteiger partial charge in [0.15, 0.2) is 0 Å². The second kappa shape index (κ2) is 7.20. The van der Waals surface area contributed by atoms with E-state index in [1.54, 1.807) is 25.1 Å². The van der Waals surface area contributed by atoms with Crippen LogP contribution in [0.1, 0.15) is 44.2 Å². The van der Waals surface area contributed by atoms with Crippen LogP contribution in [0.15, 0.2) is 24.3 Å². The fourth-order valence-corrected chi connectivity index (χ4v) is 2.78. The smallest absolute Gasteiger partial charge is 0.407 e. The van der Waals surface area contributed by atoms with Crippen LogP contribution in [0.25, 0.3) is 0 Å². The number of amides is 1. The number of Topliss-reactive ketones (excluding diaryl/α,β-unsaturated/α-hetero) is 1. The van der Waals surface area contributed by atoms with Crippen molar-refractivity contribution in [3.63, 3.8) is 0 Å². The van der Waals surface area contributed by atoms with E-state index in [1.165, 1.54) is 6.07 Å². The summed E-state index contributed by atoms with van der Waals surface area (Å²) in [6, 6.07) is 5.56. The van der Waals surface area contributed by atoms with Crippen LogP contribution >= 0.6 is 0 Å². The number of alkyl carbamates (subject to hydrolysis) is 1. The van der Waals surface area contributed by atoms with Crippen LogP contribution in [0.5, 0.6) is 0 Å². The lowest BCUT2D eigenvalue weighted by atomic mass is 9.80. The Morgan fingerprint density at radius 2 is 2.19 bits per heavy atom. The van der Waals surface area contributed by atoms with Gasteiger partial charge in [-0.3, -0.25) is 4.79 Å². The van der Waals surface area contributed by atoms with Gasteiger partial charge in [-0.05, 0) is 25.8 Å². The predicted octanol–water partition coefficient (Wildman–Crippen LogP) is 3.37. The maximum Gasteiger partial charge on any atom is 0.407 e. The molecule has 0 spiro atoms. The molecule has 0 aromatic heterocycles. The Balaban J connectivity index is 2.27. The number of carbonyl (C=O) groups is 2. The van der Waals surface area contributed by atoms with Gasteiger partial charge in [0.25, 0.3) is 0 Å². The van der Waals surface area contributed by atoms with Gasteiger partial charge in [-0.2, -0.15) is 0 Å². The number of nitrogens with one attached hydrogen (secondary N) is 1. The van der Waals surface area contributed by atoms with Crippen LogP contribution in [0.3, 0.4) is 0 Å². The Morgan fingerprint density at radius 1 is 1.43 bits per heavy atom. The number of hydrogen-bond donors (Lipinski definition) is 1. The molecule has 0 unspecified atom stereocenters. The number of halogens is 1. The molecule has 2 atom stereocenters. The Morgan fingerprint density at radius 3 is 2.86 bits per heavy atom. The predicted molar refractivity (Wildman–Crippen MR) is 76.3 cm³/mol. The second-order valence-corrected chi connectivity index (χ2v) is 5.18. The van der Waals surface area contributed by atoms with E-state index in [2.05, 4.69) is 5.32 Å². The Labute approximate surface area is 123 Å². The van der Waals surface area contributed by atoms with Crippen molar-refractivity contribution in [1.29, 1.82) is 0 Å². The highest BCUT2D eigenvalue weighted by molar-refractivity contribution is 5.83. The molecular formula is C16H20FNO3. The minimum absolute atomic E-state index is 0.0753. The average Bonchev–Trinajstić information content (AvgIpc) is 2.47. The van der Waals surface area contributed by atoms with Crippen molar-refractivity contribution in [2.75, 3.05) is 6.61 Å². The van der Waals surface area contributed by atoms with Gasteiger partial charge in [-0.15, -0.1) is 0 Å². The van der Waals surface area contributed by atoms with Gasteiger partial charge in [0.1, 0.15) is 11.6 Å². The average molecular weight is 293 g/mol. The second-order valence-electron chi connectivity index (χ2n) is 5.18. The topological polar surface area (TPSA) is 55.4 Å². The number of rotatable bonds is 4. The first-order valence-corrected chi connectivity index (χ1v) is 7.34. The van der Waals surface area contributed by atoms with Crippen molar-refractivity contribution in [1.82, 2.24) is 5.32 Å². The molecule has 21 heavy (non-hydrogen) atoms. The van der Waals surface area contributed by atoms with E-state index >= 15 is 0 Å². The highest BCUT2D eigenvalue weighted by atomic mass is 19.1. The summed E-state index contributed by atoms with van der Waals surface area (Å²) < 4.78 is 18.9. The third-order valence-electron chi connectivity index (χ3n) is 3.79. The molecule has 0 heterocycles. The van der Waals surface area contributed by atoms with Crippen LogP contribution in [-0.4, -0.2) is 18.5 Å². The maximum absolute atomic E-state index is 14.1. The molecule has 1 aromatic carbocycles. The van der Waals surface area contributed by atoms with Crippen LogP contribution < -0.4 is 5.32 Å². The molecule has 1 N–H and O–H groups in total. The van der Waals surface area contributed by atoms with Gasteiger partial charge in [0.05, 0.1) is 12.6 Å². The summed E-state index contributed by atoms with van der Waals surface area (Å²) in [5.41, 5.74) is 0.339. The molecule has 0 bridgehead atoms. The van der Waals surface area contributed by atoms with Gasteiger partial charge >= 0.3 is 6.09 Å². The Hall–Kier alpha value is -1.91. The first-order chi connectivity index (χ1) is 10.1. The van der Waals surface area contributed by atoms with Crippen molar-refractivity contribution in [2.24, 2.45) is 5.92 Å². The van der Waals surface area contributed by atoms with Crippen LogP contribution in [0, 0.1) is 11.7 Å². The standard InChI is InChI=1S/C16H20FNO3/c1-2-21-16(20)18-15(11-7-3-5-9-13(11)17)12-8-4-6-10-14(12)19/h3,5,7,9,12,15H,2,4,6,8,10H2,1H3,(H,18,20)/t12-,15-/m0/s1. The lowest BCUT2D eigenvalue weighted by molar-refractivity contribution is -0.125. The minimum atomic E-state index is -0.668. The summed E-state index contributed by atoms with van der Waals surface area (Å²) in [6.45, 7) is 1.93. The number of carbonyl (C=O) groups excluding carboxylic acids is 2. The van der Waals surface area contributed by atoms with Gasteiger partial charge in [-0.1, -0.05) is 24.6 Å². The summed E-state index contributed by atoms with van der Waals surface area (Å²) in [7, 11) is 0. The zero-order valence-corrected chi connectivity index (χ0v) is 12.1. The van der Waals surface area contributed by atoms with Crippen molar-refractivity contribution < 1.29 is 18.7 Å². The molecule has 4 nitrogen and oxygen atoms in total. The highest BCUT2D eigenvalue weighted by Gasteiger charge is 2.34. The molecule has 1 aromatic rings. The number of ketones is 1. The van der Waals surface area contributed by atoms with E-state index in [0.29, 0.717) is 18.4 Å². The molecule has 0 aliphatic heterocycles. The van der Waals surface area contributed by atoms with Gasteiger partial charge in [-0.25, -0.2) is 9.18 Å². The molecule has 2 rings (SSSR count). The highest BCUT2D eigenvalue weighted by Crippen LogP contribution is 2.33. The summed E-state index contributed by atoms with van der Waals surface area (Å²) in [5, 5.41) is 2.65. The van der Waals surface area contributed by atoms with Gasteiger partial charge in [0, 0.05) is 17.9 Å². The molecule has 114 valence electrons. The van der Waals surface area contributed by atoms with Crippen molar-refractivity contribution in [2.45, 2.75) is 38.6 Å². The Kier molecular flexibility index (Phi) is 5.31. The molecule has 1 aliphatic carbocycles. The summed E-state index contributed by atoms with van der Waals surface area (Å²) in [4.78, 5) is 23.9. The minimum Gasteiger partial charge on any atom is -0.450 e. The maximum atomic E-state index is 14.1. The first-order valence-electron chi connectivity index (χ1n) is 7.34. The van der Waals surface area contributed by atoms with Gasteiger partial charge in [0.2, 0.25) is 0 Å². The fraction of sp³-hybridized carbons (Fsp3) is 0.500. The van der Waals surface area contributed by atoms with Crippen molar-refractivity contribution in [3.05, 3.63) is 35.6 Å². The number of benzene rings is 1. The van der Waals surface area contributed by atoms with E-state index in [9.17, 15) is 14.0 Å². The lowest BCUT2D eigenvalue weighted by Crippen LogP contribution is -2.38. The summed E-state index contributed by atoms with van der Waals surface area (Å²) in [6.07, 6.45) is 2.29. The van der Waals surface area contributed by atoms with E-state index in [1.807, 2.05) is 0 Å². The summed E-state index contributed by atoms with van der Waals surface area (Å²) >= 11 is 0. The van der Waals surface area contributed by atoms with Crippen molar-refractivity contribution >= 4 is 11.9 Å². The van der Waals surface area contributed by atoms with E-state index in [-0.39, 0.29) is 18.3 Å². The Bertz CT molecular complexity index is 518. The summed E-state index contributed by atoms with van der Waals surface area (Å²) in [5.74, 6) is -0.732. The molecule has 1 saturated carbocycles. The monoisotopic (exact) mass is 293 g/mol. The normalized spacial score (nSPS) is 19.9. The lowest BCUT2D eigenvalue weighted by Gasteiger charge is -2.30. The zero-order chi connectivity index (χ0) is 15.2. The molecule has 5 heteroatoms. The molecule has 0 radical (unpaired) electrons. The molecule has 1 fully saturated rings. The molecular weight excluding hydrogens is 273 g/mol. The third-order valence-corrected chi connectivity index (χ3v) is 3.79. The molecule has 1 amide bonds. The third kappa shape index (κ3) is 3.80. The number of hydrogen-bond acceptors (Lipinski definition) is 3. The fourth-order valence-electron chi connectivity index (χ4n) is 2.78. The molecule has 1 aliphatic rings. The van der Waals surface area contributed by atoms with Crippen molar-refractivity contribution in [3.8, 4) is 0 Å². The van der Waals surface area contributed by atoms with E-state index in [4.69, 9.17) is 4.74 Å². The number of ether oxygens (including phenoxy) is 1. The van der Waals surface area contributed by atoms with Gasteiger partial charge < -0.3 is 10.1 Å². The largest absolute Gasteiger partial charge is 0.450 e. The zero-order valence-electron chi connectivity index (χ0n) is 12.1. The van der Waals surface area contributed by atoms with Crippen LogP contribution in [0.4, 0.5) is 9.18 Å². The molecule has 0 saturated heterocycles. The van der Waals surface area contributed by atoms with E-state index < -0.39 is 18.0 Å². The van der Waals surface area contributed by atoms with E-state index in [0.717, 1.165) is 12.8 Å². The van der Waals surface area contributed by atoms with Crippen LogP contribution in [0.2, 0.25) is 0 Å². The SMILES string of the molecule is CCOC(=O)N[C@@H](c1ccccc1F)[C@H]1CCCCC1=O. The first kappa shape index (κ1) is 15.5. The van der Waals surface area contributed by atoms with Crippen LogP contribution in [-0.2, 0) is 9.53 Å². The quantitative estimate of drug-likeness (QED) is 0.926.